The summed E-state index contributed by atoms with van der Waals surface area (Å²) in [6.45, 7) is 3.62. The number of likely N-dealkylation sites (tertiary alicyclic amines) is 1. The predicted molar refractivity (Wildman–Crippen MR) is 89.9 cm³/mol. The Kier molecular flexibility index (Phi) is 4.01. The van der Waals surface area contributed by atoms with Crippen molar-refractivity contribution in [1.82, 2.24) is 9.80 Å². The lowest BCUT2D eigenvalue weighted by Crippen LogP contribution is -2.45. The molecule has 0 aromatic carbocycles. The summed E-state index contributed by atoms with van der Waals surface area (Å²) in [5.41, 5.74) is 1.40. The third kappa shape index (κ3) is 2.45. The lowest BCUT2D eigenvalue weighted by Gasteiger charge is -2.37. The summed E-state index contributed by atoms with van der Waals surface area (Å²) >= 11 is 1.83. The Morgan fingerprint density at radius 2 is 1.87 bits per heavy atom. The van der Waals surface area contributed by atoms with Gasteiger partial charge >= 0.3 is 0 Å². The van der Waals surface area contributed by atoms with Gasteiger partial charge in [-0.1, -0.05) is 19.8 Å². The van der Waals surface area contributed by atoms with Crippen LogP contribution in [0.2, 0.25) is 0 Å². The van der Waals surface area contributed by atoms with Crippen LogP contribution in [-0.4, -0.2) is 34.8 Å². The highest BCUT2D eigenvalue weighted by atomic mass is 32.1. The average Bonchev–Trinajstić information content (AvgIpc) is 3.14. The van der Waals surface area contributed by atoms with Crippen LogP contribution in [0.1, 0.15) is 55.5 Å². The van der Waals surface area contributed by atoms with E-state index in [-0.39, 0.29) is 23.7 Å². The molecule has 2 fully saturated rings. The van der Waals surface area contributed by atoms with E-state index in [0.29, 0.717) is 12.7 Å². The second kappa shape index (κ2) is 6.02. The first-order valence-electron chi connectivity index (χ1n) is 8.86. The molecule has 0 unspecified atom stereocenters. The number of hydrogen-bond donors (Lipinski definition) is 0. The largest absolute Gasteiger partial charge is 0.278 e. The molecule has 0 N–H and O–H groups in total. The minimum atomic E-state index is -0.0298. The van der Waals surface area contributed by atoms with Gasteiger partial charge in [-0.3, -0.25) is 19.4 Å². The molecular formula is C18H24N2O2S. The van der Waals surface area contributed by atoms with Gasteiger partial charge in [-0.15, -0.1) is 11.3 Å². The third-order valence-electron chi connectivity index (χ3n) is 5.85. The Hall–Kier alpha value is -1.20. The summed E-state index contributed by atoms with van der Waals surface area (Å²) in [7, 11) is 0. The number of carbonyl (C=O) groups excluding carboxylic acids is 2. The van der Waals surface area contributed by atoms with Crippen molar-refractivity contribution in [3.63, 3.8) is 0 Å². The van der Waals surface area contributed by atoms with E-state index >= 15 is 0 Å². The van der Waals surface area contributed by atoms with Crippen LogP contribution in [0.5, 0.6) is 0 Å². The van der Waals surface area contributed by atoms with Gasteiger partial charge < -0.3 is 0 Å². The Bertz CT molecular complexity index is 602. The first kappa shape index (κ1) is 15.3. The van der Waals surface area contributed by atoms with Crippen LogP contribution in [0, 0.1) is 11.8 Å². The van der Waals surface area contributed by atoms with E-state index in [4.69, 9.17) is 0 Å². The molecule has 1 saturated heterocycles. The average molecular weight is 332 g/mol. The fraction of sp³-hybridized carbons (Fsp3) is 0.667. The molecule has 5 heteroatoms. The molecule has 1 aromatic heterocycles. The van der Waals surface area contributed by atoms with Crippen LogP contribution in [0.4, 0.5) is 0 Å². The summed E-state index contributed by atoms with van der Waals surface area (Å²) in [5, 5.41) is 2.16. The predicted octanol–water partition coefficient (Wildman–Crippen LogP) is 3.19. The molecule has 3 atom stereocenters. The van der Waals surface area contributed by atoms with Crippen LogP contribution in [0.15, 0.2) is 11.4 Å². The zero-order valence-electron chi connectivity index (χ0n) is 13.7. The number of nitrogens with zero attached hydrogens (tertiary/aromatic N) is 2. The smallest absolute Gasteiger partial charge is 0.234 e. The molecule has 3 aliphatic rings. The molecule has 4 rings (SSSR count). The van der Waals surface area contributed by atoms with Crippen LogP contribution in [-0.2, 0) is 16.0 Å². The number of thiophene rings is 1. The molecule has 124 valence electrons. The van der Waals surface area contributed by atoms with Gasteiger partial charge in [0.25, 0.3) is 0 Å². The molecule has 4 nitrogen and oxygen atoms in total. The maximum absolute atomic E-state index is 12.7. The highest BCUT2D eigenvalue weighted by molar-refractivity contribution is 7.10. The molecule has 0 bridgehead atoms. The Morgan fingerprint density at radius 1 is 1.17 bits per heavy atom. The number of amides is 2. The van der Waals surface area contributed by atoms with E-state index < -0.39 is 0 Å². The fourth-order valence-corrected chi connectivity index (χ4v) is 5.58. The van der Waals surface area contributed by atoms with Crippen LogP contribution < -0.4 is 0 Å². The standard InChI is InChI=1S/C18H24N2O2S/c1-2-15-14-8-10-23-16(14)7-9-19(15)11-20-17(21)12-5-3-4-6-13(12)18(20)22/h8,10,12-13,15H,2-7,9,11H2,1H3/t12-,13+,15-/m0/s1. The van der Waals surface area contributed by atoms with Crippen molar-refractivity contribution in [3.8, 4) is 0 Å². The van der Waals surface area contributed by atoms with Crippen molar-refractivity contribution < 1.29 is 9.59 Å². The molecule has 0 spiro atoms. The Morgan fingerprint density at radius 3 is 2.52 bits per heavy atom. The maximum atomic E-state index is 12.7. The van der Waals surface area contributed by atoms with Gasteiger partial charge in [-0.05, 0) is 42.7 Å². The van der Waals surface area contributed by atoms with E-state index in [1.165, 1.54) is 10.4 Å². The summed E-state index contributed by atoms with van der Waals surface area (Å²) < 4.78 is 0. The number of imide groups is 1. The molecule has 23 heavy (non-hydrogen) atoms. The van der Waals surface area contributed by atoms with Gasteiger partial charge in [-0.2, -0.15) is 0 Å². The first-order valence-corrected chi connectivity index (χ1v) is 9.74. The molecule has 2 aliphatic heterocycles. The van der Waals surface area contributed by atoms with Crippen molar-refractivity contribution in [2.24, 2.45) is 11.8 Å². The molecule has 2 amide bonds. The minimum absolute atomic E-state index is 0.0298. The van der Waals surface area contributed by atoms with Gasteiger partial charge in [0.2, 0.25) is 11.8 Å². The van der Waals surface area contributed by atoms with Crippen molar-refractivity contribution in [3.05, 3.63) is 21.9 Å². The lowest BCUT2D eigenvalue weighted by atomic mass is 9.81. The number of carbonyl (C=O) groups is 2. The quantitative estimate of drug-likeness (QED) is 0.798. The zero-order chi connectivity index (χ0) is 16.0. The molecule has 1 aromatic rings. The summed E-state index contributed by atoms with van der Waals surface area (Å²) in [5.74, 6) is 0.118. The second-order valence-corrected chi connectivity index (χ2v) is 8.03. The maximum Gasteiger partial charge on any atom is 0.234 e. The van der Waals surface area contributed by atoms with E-state index in [9.17, 15) is 9.59 Å². The number of rotatable bonds is 3. The van der Waals surface area contributed by atoms with E-state index in [1.807, 2.05) is 11.3 Å². The monoisotopic (exact) mass is 332 g/mol. The van der Waals surface area contributed by atoms with Crippen molar-refractivity contribution in [2.45, 2.75) is 51.5 Å². The third-order valence-corrected chi connectivity index (χ3v) is 6.84. The van der Waals surface area contributed by atoms with Crippen LogP contribution >= 0.6 is 11.3 Å². The van der Waals surface area contributed by atoms with Gasteiger partial charge in [0.1, 0.15) is 0 Å². The topological polar surface area (TPSA) is 40.6 Å². The number of fused-ring (bicyclic) bond motifs is 2. The van der Waals surface area contributed by atoms with Gasteiger partial charge in [0, 0.05) is 17.5 Å². The lowest BCUT2D eigenvalue weighted by molar-refractivity contribution is -0.143. The van der Waals surface area contributed by atoms with Gasteiger partial charge in [0.05, 0.1) is 18.5 Å². The SMILES string of the molecule is CC[C@H]1c2ccsc2CCN1CN1C(=O)[C@H]2CCCC[C@H]2C1=O. The zero-order valence-corrected chi connectivity index (χ0v) is 14.5. The highest BCUT2D eigenvalue weighted by Gasteiger charge is 2.48. The highest BCUT2D eigenvalue weighted by Crippen LogP contribution is 2.40. The normalized spacial score (nSPS) is 31.3. The molecular weight excluding hydrogens is 308 g/mol. The van der Waals surface area contributed by atoms with Crippen molar-refractivity contribution >= 4 is 23.2 Å². The molecule has 1 aliphatic carbocycles. The number of hydrogen-bond acceptors (Lipinski definition) is 4. The van der Waals surface area contributed by atoms with Gasteiger partial charge in [-0.25, -0.2) is 0 Å². The van der Waals surface area contributed by atoms with E-state index in [0.717, 1.165) is 45.1 Å². The Labute approximate surface area is 141 Å². The Balaban J connectivity index is 1.54. The van der Waals surface area contributed by atoms with E-state index in [1.54, 1.807) is 4.90 Å². The summed E-state index contributed by atoms with van der Waals surface area (Å²) in [6.07, 6.45) is 6.04. The first-order chi connectivity index (χ1) is 11.2. The summed E-state index contributed by atoms with van der Waals surface area (Å²) in [4.78, 5) is 30.8. The van der Waals surface area contributed by atoms with Crippen molar-refractivity contribution in [2.75, 3.05) is 13.2 Å². The van der Waals surface area contributed by atoms with E-state index in [2.05, 4.69) is 23.3 Å². The molecule has 1 saturated carbocycles. The van der Waals surface area contributed by atoms with Crippen molar-refractivity contribution in [1.29, 1.82) is 0 Å². The molecule has 0 radical (unpaired) electrons. The molecule has 3 heterocycles. The van der Waals surface area contributed by atoms with Gasteiger partial charge in [0.15, 0.2) is 0 Å². The fourth-order valence-electron chi connectivity index (χ4n) is 4.65. The second-order valence-electron chi connectivity index (χ2n) is 7.03. The van der Waals surface area contributed by atoms with Crippen LogP contribution in [0.3, 0.4) is 0 Å². The summed E-state index contributed by atoms with van der Waals surface area (Å²) in [6, 6.07) is 2.56. The minimum Gasteiger partial charge on any atom is -0.278 e. The van der Waals surface area contributed by atoms with Crippen LogP contribution in [0.25, 0.3) is 0 Å².